The van der Waals surface area contributed by atoms with Crippen LogP contribution in [0.1, 0.15) is 5.56 Å². The average Bonchev–Trinajstić information content (AvgIpc) is 2.99. The number of H-pyrrole nitrogens is 1. The summed E-state index contributed by atoms with van der Waals surface area (Å²) in [6.45, 7) is 0.459. The molecule has 5 nitrogen and oxygen atoms in total. The van der Waals surface area contributed by atoms with Crippen LogP contribution in [0.3, 0.4) is 0 Å². The molecule has 2 aromatic heterocycles. The summed E-state index contributed by atoms with van der Waals surface area (Å²) in [6.07, 6.45) is 1.45. The molecule has 0 aliphatic heterocycles. The molecule has 1 N–H and O–H groups in total. The number of aromatic nitrogens is 3. The van der Waals surface area contributed by atoms with Crippen molar-refractivity contribution < 1.29 is 9.47 Å². The van der Waals surface area contributed by atoms with Crippen LogP contribution in [0.5, 0.6) is 11.5 Å². The first-order chi connectivity index (χ1) is 11.8. The third-order valence-electron chi connectivity index (χ3n) is 3.86. The Bertz CT molecular complexity index is 1020. The third-order valence-corrected chi connectivity index (χ3v) is 4.14. The number of nitrogens with zero attached hydrogens (tertiary/aromatic N) is 2. The highest BCUT2D eigenvalue weighted by Gasteiger charge is 2.14. The van der Waals surface area contributed by atoms with Gasteiger partial charge in [-0.1, -0.05) is 41.9 Å². The third kappa shape index (κ3) is 2.53. The molecule has 0 aliphatic carbocycles. The summed E-state index contributed by atoms with van der Waals surface area (Å²) in [6, 6.07) is 13.8. The van der Waals surface area contributed by atoms with Crippen LogP contribution in [0.2, 0.25) is 5.15 Å². The Morgan fingerprint density at radius 2 is 1.92 bits per heavy atom. The van der Waals surface area contributed by atoms with E-state index in [2.05, 4.69) is 15.0 Å². The second kappa shape index (κ2) is 6.02. The topological polar surface area (TPSA) is 60.0 Å². The maximum absolute atomic E-state index is 6.14. The van der Waals surface area contributed by atoms with Gasteiger partial charge in [-0.2, -0.15) is 0 Å². The van der Waals surface area contributed by atoms with E-state index in [4.69, 9.17) is 21.1 Å². The molecule has 0 atom stereocenters. The number of hydrogen-bond acceptors (Lipinski definition) is 4. The molecule has 120 valence electrons. The fourth-order valence-electron chi connectivity index (χ4n) is 2.68. The van der Waals surface area contributed by atoms with E-state index in [1.807, 2.05) is 42.5 Å². The monoisotopic (exact) mass is 339 g/mol. The zero-order chi connectivity index (χ0) is 16.5. The molecule has 6 heteroatoms. The number of fused-ring (bicyclic) bond motifs is 3. The fourth-order valence-corrected chi connectivity index (χ4v) is 2.86. The lowest BCUT2D eigenvalue weighted by Crippen LogP contribution is -1.97. The van der Waals surface area contributed by atoms with E-state index in [-0.39, 0.29) is 0 Å². The van der Waals surface area contributed by atoms with Gasteiger partial charge < -0.3 is 14.5 Å². The van der Waals surface area contributed by atoms with Gasteiger partial charge in [-0.05, 0) is 11.6 Å². The minimum atomic E-state index is 0.391. The van der Waals surface area contributed by atoms with Gasteiger partial charge in [0.15, 0.2) is 16.7 Å². The van der Waals surface area contributed by atoms with E-state index in [9.17, 15) is 0 Å². The Balaban J connectivity index is 1.79. The highest BCUT2D eigenvalue weighted by atomic mass is 35.5. The summed E-state index contributed by atoms with van der Waals surface area (Å²) >= 11 is 6.14. The van der Waals surface area contributed by atoms with E-state index < -0.39 is 0 Å². The first kappa shape index (κ1) is 14.8. The zero-order valence-corrected chi connectivity index (χ0v) is 13.7. The molecule has 0 radical (unpaired) electrons. The van der Waals surface area contributed by atoms with Crippen LogP contribution in [0.25, 0.3) is 21.9 Å². The van der Waals surface area contributed by atoms with E-state index in [1.54, 1.807) is 7.11 Å². The van der Waals surface area contributed by atoms with Gasteiger partial charge in [-0.15, -0.1) is 0 Å². The van der Waals surface area contributed by atoms with Gasteiger partial charge >= 0.3 is 0 Å². The number of nitrogens with one attached hydrogen (secondary N) is 1. The largest absolute Gasteiger partial charge is 0.493 e. The summed E-state index contributed by atoms with van der Waals surface area (Å²) in [5.41, 5.74) is 3.42. The number of benzene rings is 2. The van der Waals surface area contributed by atoms with Crippen molar-refractivity contribution in [3.63, 3.8) is 0 Å². The van der Waals surface area contributed by atoms with Crippen LogP contribution in [0.4, 0.5) is 0 Å². The van der Waals surface area contributed by atoms with Gasteiger partial charge in [0.1, 0.15) is 24.0 Å². The average molecular weight is 340 g/mol. The summed E-state index contributed by atoms with van der Waals surface area (Å²) in [5.74, 6) is 1.30. The van der Waals surface area contributed by atoms with Crippen LogP contribution in [-0.4, -0.2) is 22.1 Å². The van der Waals surface area contributed by atoms with Gasteiger partial charge in [0.25, 0.3) is 0 Å². The Labute approximate surface area is 143 Å². The van der Waals surface area contributed by atoms with E-state index >= 15 is 0 Å². The summed E-state index contributed by atoms with van der Waals surface area (Å²) in [4.78, 5) is 11.6. The predicted octanol–water partition coefficient (Wildman–Crippen LogP) is 4.35. The smallest absolute Gasteiger partial charge is 0.162 e. The number of halogens is 1. The van der Waals surface area contributed by atoms with Gasteiger partial charge in [-0.25, -0.2) is 9.97 Å². The number of methoxy groups -OCH3 is 1. The lowest BCUT2D eigenvalue weighted by Gasteiger charge is -2.11. The standard InChI is InChI=1S/C18H14ClN3O2/c1-23-14-8-13-12(16-17(22-13)18(19)21-10-20-16)7-15(14)24-9-11-5-3-2-4-6-11/h2-8,10,22H,9H2,1H3. The molecule has 0 spiro atoms. The minimum absolute atomic E-state index is 0.391. The van der Waals surface area contributed by atoms with E-state index in [0.717, 1.165) is 22.0 Å². The first-order valence-corrected chi connectivity index (χ1v) is 7.80. The first-order valence-electron chi connectivity index (χ1n) is 7.43. The van der Waals surface area contributed by atoms with E-state index in [1.165, 1.54) is 6.33 Å². The van der Waals surface area contributed by atoms with Crippen molar-refractivity contribution in [3.05, 3.63) is 59.5 Å². The van der Waals surface area contributed by atoms with Crippen LogP contribution >= 0.6 is 11.6 Å². The molecule has 2 heterocycles. The molecule has 24 heavy (non-hydrogen) atoms. The lowest BCUT2D eigenvalue weighted by molar-refractivity contribution is 0.285. The molecule has 0 aliphatic rings. The van der Waals surface area contributed by atoms with Gasteiger partial charge in [0, 0.05) is 11.5 Å². The summed E-state index contributed by atoms with van der Waals surface area (Å²) < 4.78 is 11.4. The van der Waals surface area contributed by atoms with Gasteiger partial charge in [0.2, 0.25) is 0 Å². The van der Waals surface area contributed by atoms with Crippen LogP contribution in [0, 0.1) is 0 Å². The predicted molar refractivity (Wildman–Crippen MR) is 93.7 cm³/mol. The number of hydrogen-bond donors (Lipinski definition) is 1. The van der Waals surface area contributed by atoms with Crippen molar-refractivity contribution in [3.8, 4) is 11.5 Å². The van der Waals surface area contributed by atoms with Crippen LogP contribution in [0.15, 0.2) is 48.8 Å². The second-order valence-electron chi connectivity index (χ2n) is 5.34. The second-order valence-corrected chi connectivity index (χ2v) is 5.69. The number of ether oxygens (including phenoxy) is 2. The molecule has 0 saturated heterocycles. The molecule has 4 aromatic rings. The van der Waals surface area contributed by atoms with Crippen molar-refractivity contribution in [1.82, 2.24) is 15.0 Å². The van der Waals surface area contributed by atoms with Crippen molar-refractivity contribution in [2.45, 2.75) is 6.61 Å². The Morgan fingerprint density at radius 3 is 2.71 bits per heavy atom. The van der Waals surface area contributed by atoms with Gasteiger partial charge in [0.05, 0.1) is 12.6 Å². The van der Waals surface area contributed by atoms with Crippen molar-refractivity contribution in [1.29, 1.82) is 0 Å². The zero-order valence-electron chi connectivity index (χ0n) is 12.9. The van der Waals surface area contributed by atoms with E-state index in [0.29, 0.717) is 28.8 Å². The molecule has 0 saturated carbocycles. The maximum Gasteiger partial charge on any atom is 0.162 e. The van der Waals surface area contributed by atoms with Crippen LogP contribution < -0.4 is 9.47 Å². The summed E-state index contributed by atoms with van der Waals surface area (Å²) in [5, 5.41) is 1.31. The molecule has 0 unspecified atom stereocenters. The Morgan fingerprint density at radius 1 is 1.08 bits per heavy atom. The Hall–Kier alpha value is -2.79. The number of rotatable bonds is 4. The SMILES string of the molecule is COc1cc2[nH]c3c(Cl)ncnc3c2cc1OCc1ccccc1. The van der Waals surface area contributed by atoms with Gasteiger partial charge in [-0.3, -0.25) is 0 Å². The fraction of sp³-hybridized carbons (Fsp3) is 0.111. The number of aromatic amines is 1. The molecular weight excluding hydrogens is 326 g/mol. The molecule has 0 fully saturated rings. The molecule has 4 rings (SSSR count). The highest BCUT2D eigenvalue weighted by molar-refractivity contribution is 6.34. The van der Waals surface area contributed by atoms with Crippen molar-refractivity contribution in [2.75, 3.05) is 7.11 Å². The molecular formula is C18H14ClN3O2. The molecule has 0 amide bonds. The summed E-state index contributed by atoms with van der Waals surface area (Å²) in [7, 11) is 1.62. The maximum atomic E-state index is 6.14. The lowest BCUT2D eigenvalue weighted by atomic mass is 10.2. The Kier molecular flexibility index (Phi) is 3.70. The minimum Gasteiger partial charge on any atom is -0.493 e. The highest BCUT2D eigenvalue weighted by Crippen LogP contribution is 2.36. The quantitative estimate of drug-likeness (QED) is 0.561. The van der Waals surface area contributed by atoms with Crippen molar-refractivity contribution >= 4 is 33.5 Å². The van der Waals surface area contributed by atoms with Crippen LogP contribution in [-0.2, 0) is 6.61 Å². The normalized spacial score (nSPS) is 11.1. The molecule has 2 aromatic carbocycles. The molecule has 0 bridgehead atoms. The van der Waals surface area contributed by atoms with Crippen molar-refractivity contribution in [2.24, 2.45) is 0 Å².